The van der Waals surface area contributed by atoms with Crippen molar-refractivity contribution in [3.63, 3.8) is 0 Å². The number of hydrogen-bond acceptors (Lipinski definition) is 2. The molecule has 0 radical (unpaired) electrons. The average molecular weight is 358 g/mol. The maximum atomic E-state index is 6.40. The van der Waals surface area contributed by atoms with Crippen molar-refractivity contribution in [1.82, 2.24) is 0 Å². The van der Waals surface area contributed by atoms with Crippen molar-refractivity contribution in [3.8, 4) is 0 Å². The van der Waals surface area contributed by atoms with Gasteiger partial charge in [0.2, 0.25) is 0 Å². The molecule has 2 atom stereocenters. The highest BCUT2D eigenvalue weighted by Crippen LogP contribution is 2.67. The van der Waals surface area contributed by atoms with Gasteiger partial charge >= 0.3 is 0 Å². The minimum absolute atomic E-state index is 0.0799. The van der Waals surface area contributed by atoms with E-state index in [2.05, 4.69) is 0 Å². The molecule has 112 valence electrons. The highest BCUT2D eigenvalue weighted by molar-refractivity contribution is 6.52. The van der Waals surface area contributed by atoms with Crippen LogP contribution in [0, 0.1) is 5.92 Å². The van der Waals surface area contributed by atoms with Gasteiger partial charge in [0.1, 0.15) is 4.33 Å². The van der Waals surface area contributed by atoms with E-state index >= 15 is 0 Å². The molecule has 0 aliphatic heterocycles. The van der Waals surface area contributed by atoms with Crippen LogP contribution in [0.25, 0.3) is 0 Å². The molecule has 1 aromatic rings. The molecule has 0 spiro atoms. The molecule has 0 saturated heterocycles. The number of ether oxygens (including phenoxy) is 2. The molecular weight excluding hydrogens is 342 g/mol. The second-order valence-corrected chi connectivity index (χ2v) is 6.89. The van der Waals surface area contributed by atoms with E-state index in [-0.39, 0.29) is 11.8 Å². The first-order chi connectivity index (χ1) is 9.43. The summed E-state index contributed by atoms with van der Waals surface area (Å²) in [7, 11) is 0. The standard InChI is InChI=1S/C14H16Cl4O2/c1-3-19-13(20-4-2)12-11(14(12,17)18)8-5-6-9(15)10(16)7-8/h5-7,11-13H,3-4H2,1-2H3. The molecule has 1 aliphatic rings. The largest absolute Gasteiger partial charge is 0.353 e. The Balaban J connectivity index is 2.21. The van der Waals surface area contributed by atoms with E-state index in [1.165, 1.54) is 0 Å². The van der Waals surface area contributed by atoms with Crippen molar-refractivity contribution >= 4 is 46.4 Å². The highest BCUT2D eigenvalue weighted by Gasteiger charge is 2.67. The predicted octanol–water partition coefficient (Wildman–Crippen LogP) is 5.28. The minimum Gasteiger partial charge on any atom is -0.353 e. The van der Waals surface area contributed by atoms with Crippen molar-refractivity contribution in [2.24, 2.45) is 5.92 Å². The number of benzene rings is 1. The van der Waals surface area contributed by atoms with Crippen LogP contribution in [0.4, 0.5) is 0 Å². The van der Waals surface area contributed by atoms with E-state index in [1.54, 1.807) is 12.1 Å². The van der Waals surface area contributed by atoms with Gasteiger partial charge in [-0.2, -0.15) is 0 Å². The van der Waals surface area contributed by atoms with Crippen molar-refractivity contribution < 1.29 is 9.47 Å². The average Bonchev–Trinajstić information content (AvgIpc) is 2.95. The molecule has 1 aliphatic carbocycles. The van der Waals surface area contributed by atoms with Crippen LogP contribution in [0.5, 0.6) is 0 Å². The topological polar surface area (TPSA) is 18.5 Å². The predicted molar refractivity (Wildman–Crippen MR) is 84.2 cm³/mol. The van der Waals surface area contributed by atoms with E-state index in [1.807, 2.05) is 19.9 Å². The summed E-state index contributed by atoms with van der Waals surface area (Å²) in [6, 6.07) is 5.42. The van der Waals surface area contributed by atoms with Gasteiger partial charge in [0.15, 0.2) is 6.29 Å². The van der Waals surface area contributed by atoms with Gasteiger partial charge in [-0.15, -0.1) is 23.2 Å². The lowest BCUT2D eigenvalue weighted by atomic mass is 10.1. The molecule has 1 fully saturated rings. The van der Waals surface area contributed by atoms with Crippen LogP contribution >= 0.6 is 46.4 Å². The Kier molecular flexibility index (Phi) is 5.50. The van der Waals surface area contributed by atoms with Crippen LogP contribution < -0.4 is 0 Å². The lowest BCUT2D eigenvalue weighted by Crippen LogP contribution is -2.22. The molecule has 2 unspecified atom stereocenters. The quantitative estimate of drug-likeness (QED) is 0.509. The van der Waals surface area contributed by atoms with Gasteiger partial charge in [-0.05, 0) is 31.5 Å². The number of alkyl halides is 2. The van der Waals surface area contributed by atoms with Gasteiger partial charge in [0.25, 0.3) is 0 Å². The maximum absolute atomic E-state index is 6.40. The summed E-state index contributed by atoms with van der Waals surface area (Å²) in [6.45, 7) is 4.90. The third kappa shape index (κ3) is 3.21. The Labute approximate surface area is 139 Å². The fourth-order valence-corrected chi connectivity index (χ4v) is 3.57. The SMILES string of the molecule is CCOC(OCC)C1C(c2ccc(Cl)c(Cl)c2)C1(Cl)Cl. The fourth-order valence-electron chi connectivity index (χ4n) is 2.41. The summed E-state index contributed by atoms with van der Waals surface area (Å²) in [4.78, 5) is 0. The molecule has 0 bridgehead atoms. The summed E-state index contributed by atoms with van der Waals surface area (Å²) in [5, 5.41) is 0.997. The Morgan fingerprint density at radius 3 is 2.20 bits per heavy atom. The second-order valence-electron chi connectivity index (χ2n) is 4.63. The molecule has 0 N–H and O–H groups in total. The zero-order valence-corrected chi connectivity index (χ0v) is 14.2. The van der Waals surface area contributed by atoms with Gasteiger partial charge < -0.3 is 9.47 Å². The van der Waals surface area contributed by atoms with Gasteiger partial charge in [-0.25, -0.2) is 0 Å². The summed E-state index contributed by atoms with van der Waals surface area (Å²) in [5.74, 6) is -0.202. The van der Waals surface area contributed by atoms with Crippen LogP contribution in [0.15, 0.2) is 18.2 Å². The van der Waals surface area contributed by atoms with Crippen LogP contribution in [-0.2, 0) is 9.47 Å². The molecule has 0 aromatic heterocycles. The van der Waals surface area contributed by atoms with Crippen LogP contribution in [0.3, 0.4) is 0 Å². The van der Waals surface area contributed by atoms with Crippen LogP contribution in [0.2, 0.25) is 10.0 Å². The zero-order valence-electron chi connectivity index (χ0n) is 11.2. The summed E-state index contributed by atoms with van der Waals surface area (Å²) in [6.07, 6.45) is -0.417. The second kappa shape index (κ2) is 6.60. The van der Waals surface area contributed by atoms with Gasteiger partial charge in [-0.3, -0.25) is 0 Å². The molecule has 1 aromatic carbocycles. The molecule has 2 nitrogen and oxygen atoms in total. The first-order valence-corrected chi connectivity index (χ1v) is 8.00. The first kappa shape index (κ1) is 16.7. The Hall–Kier alpha value is 0.300. The third-order valence-electron chi connectivity index (χ3n) is 3.37. The molecule has 1 saturated carbocycles. The highest BCUT2D eigenvalue weighted by atomic mass is 35.5. The Morgan fingerprint density at radius 1 is 1.10 bits per heavy atom. The van der Waals surface area contributed by atoms with Crippen molar-refractivity contribution in [2.45, 2.75) is 30.4 Å². The van der Waals surface area contributed by atoms with E-state index in [9.17, 15) is 0 Å². The van der Waals surface area contributed by atoms with Crippen LogP contribution in [-0.4, -0.2) is 23.8 Å². The Bertz CT molecular complexity index is 472. The lowest BCUT2D eigenvalue weighted by Gasteiger charge is -2.17. The molecular formula is C14H16Cl4O2. The summed E-state index contributed by atoms with van der Waals surface area (Å²) >= 11 is 24.8. The normalized spacial score (nSPS) is 24.1. The van der Waals surface area contributed by atoms with E-state index in [0.717, 1.165) is 5.56 Å². The zero-order chi connectivity index (χ0) is 14.9. The van der Waals surface area contributed by atoms with Crippen molar-refractivity contribution in [3.05, 3.63) is 33.8 Å². The lowest BCUT2D eigenvalue weighted by molar-refractivity contribution is -0.149. The van der Waals surface area contributed by atoms with Crippen molar-refractivity contribution in [2.75, 3.05) is 13.2 Å². The molecule has 0 heterocycles. The number of halogens is 4. The third-order valence-corrected chi connectivity index (χ3v) is 5.08. The number of hydrogen-bond donors (Lipinski definition) is 0. The van der Waals surface area contributed by atoms with Gasteiger partial charge in [0, 0.05) is 19.1 Å². The monoisotopic (exact) mass is 356 g/mol. The number of rotatable bonds is 6. The van der Waals surface area contributed by atoms with Gasteiger partial charge in [0.05, 0.1) is 16.0 Å². The first-order valence-electron chi connectivity index (χ1n) is 6.49. The van der Waals surface area contributed by atoms with E-state index in [4.69, 9.17) is 55.9 Å². The summed E-state index contributed by atoms with van der Waals surface area (Å²) < 4.78 is 10.3. The van der Waals surface area contributed by atoms with E-state index in [0.29, 0.717) is 23.3 Å². The van der Waals surface area contributed by atoms with Crippen molar-refractivity contribution in [1.29, 1.82) is 0 Å². The molecule has 20 heavy (non-hydrogen) atoms. The van der Waals surface area contributed by atoms with Gasteiger partial charge in [-0.1, -0.05) is 29.3 Å². The fraction of sp³-hybridized carbons (Fsp3) is 0.571. The smallest absolute Gasteiger partial charge is 0.163 e. The minimum atomic E-state index is -0.911. The molecule has 6 heteroatoms. The van der Waals surface area contributed by atoms with Crippen LogP contribution in [0.1, 0.15) is 25.3 Å². The maximum Gasteiger partial charge on any atom is 0.163 e. The molecule has 0 amide bonds. The molecule has 2 rings (SSSR count). The summed E-state index contributed by atoms with van der Waals surface area (Å²) in [5.41, 5.74) is 0.943. The Morgan fingerprint density at radius 2 is 1.70 bits per heavy atom. The van der Waals surface area contributed by atoms with E-state index < -0.39 is 10.6 Å².